The molecule has 298 valence electrons. The summed E-state index contributed by atoms with van der Waals surface area (Å²) in [4.78, 5) is 12.2. The topological polar surface area (TPSA) is 69.6 Å². The zero-order chi connectivity index (χ0) is 36.4. The molecule has 0 aliphatic heterocycles. The molecule has 0 bridgehead atoms. The van der Waals surface area contributed by atoms with Crippen LogP contribution in [-0.4, -0.2) is 34.9 Å². The number of nitrogens with one attached hydrogen (secondary N) is 1. The highest BCUT2D eigenvalue weighted by atomic mass is 16.3. The molecule has 0 fully saturated rings. The van der Waals surface area contributed by atoms with Crippen LogP contribution in [-0.2, 0) is 4.79 Å². The van der Waals surface area contributed by atoms with Gasteiger partial charge in [-0.2, -0.15) is 0 Å². The van der Waals surface area contributed by atoms with Crippen LogP contribution >= 0.6 is 0 Å². The molecule has 0 heterocycles. The molecule has 0 aromatic carbocycles. The average Bonchev–Trinajstić information content (AvgIpc) is 3.12. The van der Waals surface area contributed by atoms with Crippen molar-refractivity contribution < 1.29 is 15.0 Å². The second-order valence-electron chi connectivity index (χ2n) is 15.8. The van der Waals surface area contributed by atoms with E-state index in [0.29, 0.717) is 6.42 Å². The van der Waals surface area contributed by atoms with Gasteiger partial charge in [-0.1, -0.05) is 251 Å². The normalized spacial score (nSPS) is 13.0. The molecule has 1 amide bonds. The lowest BCUT2D eigenvalue weighted by Gasteiger charge is -2.19. The summed E-state index contributed by atoms with van der Waals surface area (Å²) >= 11 is 0. The van der Waals surface area contributed by atoms with Gasteiger partial charge in [0, 0.05) is 6.42 Å². The van der Waals surface area contributed by atoms with Gasteiger partial charge in [0.2, 0.25) is 5.91 Å². The van der Waals surface area contributed by atoms with Crippen LogP contribution in [0.3, 0.4) is 0 Å². The number of rotatable bonds is 42. The van der Waals surface area contributed by atoms with Gasteiger partial charge in [0.05, 0.1) is 18.8 Å². The first kappa shape index (κ1) is 49.1. The molecule has 0 aliphatic rings. The highest BCUT2D eigenvalue weighted by Gasteiger charge is 2.17. The predicted octanol–water partition coefficient (Wildman–Crippen LogP) is 14.2. The summed E-state index contributed by atoms with van der Waals surface area (Å²) in [6.45, 7) is 4.19. The first-order valence-electron chi connectivity index (χ1n) is 22.9. The Hall–Kier alpha value is -0.870. The van der Waals surface area contributed by atoms with Gasteiger partial charge in [-0.25, -0.2) is 0 Å². The van der Waals surface area contributed by atoms with Gasteiger partial charge in [0.15, 0.2) is 0 Å². The third kappa shape index (κ3) is 38.4. The van der Waals surface area contributed by atoms with Gasteiger partial charge >= 0.3 is 0 Å². The molecule has 4 nitrogen and oxygen atoms in total. The molecule has 0 aromatic rings. The summed E-state index contributed by atoms with van der Waals surface area (Å²) in [7, 11) is 0. The molecule has 0 radical (unpaired) electrons. The van der Waals surface area contributed by atoms with E-state index in [1.807, 2.05) is 6.08 Å². The van der Waals surface area contributed by atoms with Crippen molar-refractivity contribution in [3.05, 3.63) is 12.2 Å². The van der Waals surface area contributed by atoms with Gasteiger partial charge < -0.3 is 15.5 Å². The zero-order valence-electron chi connectivity index (χ0n) is 34.2. The smallest absolute Gasteiger partial charge is 0.220 e. The van der Waals surface area contributed by atoms with E-state index in [2.05, 4.69) is 19.2 Å². The fourth-order valence-electron chi connectivity index (χ4n) is 7.23. The minimum atomic E-state index is -0.830. The fraction of sp³-hybridized carbons (Fsp3) is 0.935. The highest BCUT2D eigenvalue weighted by molar-refractivity contribution is 5.76. The van der Waals surface area contributed by atoms with Gasteiger partial charge in [-0.05, 0) is 12.8 Å². The van der Waals surface area contributed by atoms with Crippen LogP contribution in [0.1, 0.15) is 258 Å². The molecule has 0 aromatic heterocycles. The van der Waals surface area contributed by atoms with Crippen molar-refractivity contribution in [2.24, 2.45) is 0 Å². The predicted molar refractivity (Wildman–Crippen MR) is 221 cm³/mol. The fourth-order valence-corrected chi connectivity index (χ4v) is 7.23. The Morgan fingerprint density at radius 2 is 0.740 bits per heavy atom. The molecule has 2 atom stereocenters. The van der Waals surface area contributed by atoms with E-state index in [4.69, 9.17) is 0 Å². The Kier molecular flexibility index (Phi) is 41.8. The maximum atomic E-state index is 12.2. The summed E-state index contributed by atoms with van der Waals surface area (Å²) in [5.41, 5.74) is 0. The second kappa shape index (κ2) is 42.5. The molecular weight excluding hydrogens is 615 g/mol. The molecule has 0 aliphatic carbocycles. The maximum absolute atomic E-state index is 12.2. The molecule has 3 N–H and O–H groups in total. The summed E-state index contributed by atoms with van der Waals surface area (Å²) in [5.74, 6) is -0.0686. The summed E-state index contributed by atoms with van der Waals surface area (Å²) in [6.07, 6.45) is 54.1. The number of aliphatic hydroxyl groups is 2. The van der Waals surface area contributed by atoms with Gasteiger partial charge in [0.25, 0.3) is 0 Å². The molecule has 50 heavy (non-hydrogen) atoms. The standard InChI is InChI=1S/C46H91NO3/c1-3-5-7-9-10-11-12-13-14-15-16-17-18-19-20-21-22-23-24-25-26-27-28-29-30-31-32-33-34-35-36-37-38-40-42-46(50)47-44(43-48)45(49)41-39-8-6-4-2/h39,41,44-45,48-49H,3-38,40,42-43H2,1-2H3,(H,47,50)/b41-39+. The Balaban J connectivity index is 3.25. The molecule has 0 rings (SSSR count). The SMILES string of the molecule is CCCC/C=C/C(O)C(CO)NC(=O)CCCCCCCCCCCCCCCCCCCCCCCCCCCCCCCCCCCC. The second-order valence-corrected chi connectivity index (χ2v) is 15.8. The summed E-state index contributed by atoms with van der Waals surface area (Å²) < 4.78 is 0. The molecule has 4 heteroatoms. The largest absolute Gasteiger partial charge is 0.394 e. The van der Waals surface area contributed by atoms with E-state index in [-0.39, 0.29) is 12.5 Å². The Bertz CT molecular complexity index is 680. The number of aliphatic hydroxyl groups excluding tert-OH is 2. The molecule has 2 unspecified atom stereocenters. The van der Waals surface area contributed by atoms with E-state index in [0.717, 1.165) is 32.1 Å². The number of hydrogen-bond donors (Lipinski definition) is 3. The van der Waals surface area contributed by atoms with Crippen molar-refractivity contribution in [1.82, 2.24) is 5.32 Å². The maximum Gasteiger partial charge on any atom is 0.220 e. The quantitative estimate of drug-likeness (QED) is 0.0437. The summed E-state index contributed by atoms with van der Waals surface area (Å²) in [6, 6.07) is -0.613. The van der Waals surface area contributed by atoms with Crippen LogP contribution in [0.4, 0.5) is 0 Å². The molecule has 0 saturated carbocycles. The van der Waals surface area contributed by atoms with Gasteiger partial charge in [-0.15, -0.1) is 0 Å². The number of hydrogen-bond acceptors (Lipinski definition) is 3. The number of amides is 1. The Morgan fingerprint density at radius 1 is 0.460 bits per heavy atom. The lowest BCUT2D eigenvalue weighted by molar-refractivity contribution is -0.123. The Morgan fingerprint density at radius 3 is 1.02 bits per heavy atom. The van der Waals surface area contributed by atoms with Crippen molar-refractivity contribution in [3.63, 3.8) is 0 Å². The third-order valence-electron chi connectivity index (χ3n) is 10.8. The number of carbonyl (C=O) groups is 1. The minimum Gasteiger partial charge on any atom is -0.394 e. The van der Waals surface area contributed by atoms with Crippen molar-refractivity contribution in [2.45, 2.75) is 270 Å². The zero-order valence-corrected chi connectivity index (χ0v) is 34.2. The van der Waals surface area contributed by atoms with Gasteiger partial charge in [-0.3, -0.25) is 4.79 Å². The van der Waals surface area contributed by atoms with E-state index in [9.17, 15) is 15.0 Å². The monoisotopic (exact) mass is 706 g/mol. The van der Waals surface area contributed by atoms with Crippen LogP contribution < -0.4 is 5.32 Å². The first-order chi connectivity index (χ1) is 24.7. The van der Waals surface area contributed by atoms with Gasteiger partial charge in [0.1, 0.15) is 0 Å². The Labute approximate surface area is 314 Å². The van der Waals surface area contributed by atoms with E-state index < -0.39 is 12.1 Å². The first-order valence-corrected chi connectivity index (χ1v) is 22.9. The van der Waals surface area contributed by atoms with Crippen LogP contribution in [0.15, 0.2) is 12.2 Å². The van der Waals surface area contributed by atoms with Crippen LogP contribution in [0.2, 0.25) is 0 Å². The number of allylic oxidation sites excluding steroid dienone is 1. The molecule has 0 spiro atoms. The van der Waals surface area contributed by atoms with Crippen molar-refractivity contribution >= 4 is 5.91 Å². The van der Waals surface area contributed by atoms with E-state index in [1.54, 1.807) is 6.08 Å². The number of unbranched alkanes of at least 4 members (excludes halogenated alkanes) is 35. The lowest BCUT2D eigenvalue weighted by Crippen LogP contribution is -2.45. The van der Waals surface area contributed by atoms with Crippen LogP contribution in [0.25, 0.3) is 0 Å². The average molecular weight is 706 g/mol. The van der Waals surface area contributed by atoms with Crippen molar-refractivity contribution in [1.29, 1.82) is 0 Å². The molecular formula is C46H91NO3. The molecule has 0 saturated heterocycles. The van der Waals surface area contributed by atoms with Crippen LogP contribution in [0.5, 0.6) is 0 Å². The lowest BCUT2D eigenvalue weighted by atomic mass is 10.0. The van der Waals surface area contributed by atoms with E-state index >= 15 is 0 Å². The third-order valence-corrected chi connectivity index (χ3v) is 10.8. The number of carbonyl (C=O) groups excluding carboxylic acids is 1. The van der Waals surface area contributed by atoms with Crippen molar-refractivity contribution in [3.8, 4) is 0 Å². The van der Waals surface area contributed by atoms with E-state index in [1.165, 1.54) is 205 Å². The highest BCUT2D eigenvalue weighted by Crippen LogP contribution is 2.17. The minimum absolute atomic E-state index is 0.0686. The van der Waals surface area contributed by atoms with Crippen LogP contribution in [0, 0.1) is 0 Å². The summed E-state index contributed by atoms with van der Waals surface area (Å²) in [5, 5.41) is 22.5. The van der Waals surface area contributed by atoms with Crippen molar-refractivity contribution in [2.75, 3.05) is 6.61 Å².